The van der Waals surface area contributed by atoms with Crippen molar-refractivity contribution in [2.24, 2.45) is 5.41 Å². The third-order valence-electron chi connectivity index (χ3n) is 7.18. The fourth-order valence-electron chi connectivity index (χ4n) is 4.79. The molecule has 8 heteroatoms. The van der Waals surface area contributed by atoms with Crippen LogP contribution in [0.15, 0.2) is 11.3 Å². The molecule has 1 unspecified atom stereocenters. The van der Waals surface area contributed by atoms with Gasteiger partial charge in [-0.25, -0.2) is 0 Å². The molecule has 35 heavy (non-hydrogen) atoms. The number of Topliss-reactive ketones (excluding diaryl/α,β-unsaturated/α-hetero) is 1. The smallest absolute Gasteiger partial charge is 0.179 e. The third-order valence-corrected chi connectivity index (χ3v) is 8.62. The van der Waals surface area contributed by atoms with Crippen LogP contribution in [0.3, 0.4) is 0 Å². The van der Waals surface area contributed by atoms with E-state index in [1.165, 1.54) is 5.56 Å². The number of nitrogens with zero attached hydrogens (tertiary/aromatic N) is 2. The lowest BCUT2D eigenvalue weighted by molar-refractivity contribution is -0.117. The molecule has 1 aromatic carbocycles. The highest BCUT2D eigenvalue weighted by Crippen LogP contribution is 2.42. The van der Waals surface area contributed by atoms with Crippen molar-refractivity contribution in [2.45, 2.75) is 72.0 Å². The molecule has 0 saturated heterocycles. The molecule has 0 amide bonds. The average Bonchev–Trinajstić information content (AvgIpc) is 2.79. The van der Waals surface area contributed by atoms with Gasteiger partial charge in [0.25, 0.3) is 0 Å². The Balaban J connectivity index is 1.87. The Morgan fingerprint density at radius 1 is 0.943 bits per heavy atom. The fourth-order valence-corrected chi connectivity index (χ4v) is 5.93. The summed E-state index contributed by atoms with van der Waals surface area (Å²) in [6.07, 6.45) is 2.01. The number of rotatable bonds is 15. The summed E-state index contributed by atoms with van der Waals surface area (Å²) >= 11 is 15.5. The Kier molecular flexibility index (Phi) is 11.0. The highest BCUT2D eigenvalue weighted by atomic mass is 32.1. The average molecular weight is 539 g/mol. The molecule has 0 bridgehead atoms. The van der Waals surface area contributed by atoms with E-state index in [4.69, 9.17) is 24.4 Å². The van der Waals surface area contributed by atoms with Gasteiger partial charge in [0, 0.05) is 43.0 Å². The van der Waals surface area contributed by atoms with Crippen LogP contribution in [0.5, 0.6) is 0 Å². The minimum atomic E-state index is -0.299. The molecular formula is C27H46N4OS3. The number of allylic oxidation sites excluding steroid dienone is 1. The zero-order valence-electron chi connectivity index (χ0n) is 23.0. The van der Waals surface area contributed by atoms with E-state index in [0.717, 1.165) is 84.6 Å². The van der Waals surface area contributed by atoms with E-state index in [9.17, 15) is 4.79 Å². The molecule has 1 aliphatic carbocycles. The summed E-state index contributed by atoms with van der Waals surface area (Å²) in [7, 11) is 2.11. The zero-order chi connectivity index (χ0) is 26.6. The van der Waals surface area contributed by atoms with Crippen LogP contribution >= 0.6 is 37.1 Å². The van der Waals surface area contributed by atoms with Crippen molar-refractivity contribution in [3.8, 4) is 0 Å². The first-order chi connectivity index (χ1) is 16.3. The van der Waals surface area contributed by atoms with E-state index >= 15 is 0 Å². The summed E-state index contributed by atoms with van der Waals surface area (Å²) in [4.78, 5) is 17.4. The summed E-state index contributed by atoms with van der Waals surface area (Å²) in [6, 6.07) is 0. The number of thiol groups is 1. The molecule has 0 spiro atoms. The van der Waals surface area contributed by atoms with Crippen LogP contribution in [-0.2, 0) is 10.2 Å². The molecule has 0 fully saturated rings. The van der Waals surface area contributed by atoms with Crippen molar-refractivity contribution in [1.29, 1.82) is 0 Å². The molecular weight excluding hydrogens is 493 g/mol. The van der Waals surface area contributed by atoms with E-state index in [-0.39, 0.29) is 21.9 Å². The Morgan fingerprint density at radius 3 is 2.14 bits per heavy atom. The van der Waals surface area contributed by atoms with Gasteiger partial charge in [-0.2, -0.15) is 12.6 Å². The Morgan fingerprint density at radius 2 is 1.57 bits per heavy atom. The quantitative estimate of drug-likeness (QED) is 0.200. The number of carbonyl (C=O) groups excluding carboxylic acids is 1. The largest absolute Gasteiger partial charge is 0.385 e. The maximum absolute atomic E-state index is 12.7. The summed E-state index contributed by atoms with van der Waals surface area (Å²) < 4.78 is 1.65. The van der Waals surface area contributed by atoms with Gasteiger partial charge in [0.15, 0.2) is 5.78 Å². The van der Waals surface area contributed by atoms with E-state index in [1.807, 2.05) is 0 Å². The molecule has 0 aliphatic heterocycles. The molecule has 0 saturated carbocycles. The van der Waals surface area contributed by atoms with Crippen molar-refractivity contribution in [1.82, 2.24) is 15.1 Å². The molecule has 1 aliphatic rings. The van der Waals surface area contributed by atoms with Gasteiger partial charge >= 0.3 is 0 Å². The molecule has 2 rings (SSSR count). The first kappa shape index (κ1) is 30.4. The summed E-state index contributed by atoms with van der Waals surface area (Å²) in [5.41, 5.74) is 4.08. The molecule has 5 nitrogen and oxygen atoms in total. The van der Waals surface area contributed by atoms with Gasteiger partial charge in [0.2, 0.25) is 0 Å². The van der Waals surface area contributed by atoms with Crippen molar-refractivity contribution >= 4 is 48.5 Å². The number of likely N-dealkylation sites (N-methyl/N-ethyl adjacent to an activating group) is 2. The first-order valence-corrected chi connectivity index (χ1v) is 14.3. The summed E-state index contributed by atoms with van der Waals surface area (Å²) in [5.74, 6) is 0.179. The first-order valence-electron chi connectivity index (χ1n) is 13.0. The van der Waals surface area contributed by atoms with Crippen LogP contribution in [0.25, 0.3) is 0 Å². The predicted molar refractivity (Wildman–Crippen MR) is 159 cm³/mol. The van der Waals surface area contributed by atoms with Crippen molar-refractivity contribution in [3.63, 3.8) is 0 Å². The molecule has 0 heterocycles. The lowest BCUT2D eigenvalue weighted by Gasteiger charge is -2.39. The molecule has 2 N–H and O–H groups in total. The lowest BCUT2D eigenvalue weighted by atomic mass is 9.70. The monoisotopic (exact) mass is 538 g/mol. The minimum absolute atomic E-state index is 0.0110. The fraction of sp³-hybridized carbons (Fsp3) is 0.741. The van der Waals surface area contributed by atoms with E-state index in [2.05, 4.69) is 88.6 Å². The molecule has 198 valence electrons. The summed E-state index contributed by atoms with van der Waals surface area (Å²) in [6.45, 7) is 21.9. The second-order valence-electron chi connectivity index (χ2n) is 11.4. The predicted octanol–water partition coefficient (Wildman–Crippen LogP) is 5.54. The van der Waals surface area contributed by atoms with Crippen LogP contribution in [0.1, 0.15) is 66.9 Å². The number of anilines is 1. The Hall–Kier alpha value is -0.800. The highest BCUT2D eigenvalue weighted by Gasteiger charge is 2.44. The lowest BCUT2D eigenvalue weighted by Crippen LogP contribution is -2.46. The van der Waals surface area contributed by atoms with Crippen LogP contribution in [0.2, 0.25) is 0 Å². The molecule has 1 atom stereocenters. The van der Waals surface area contributed by atoms with Gasteiger partial charge in [0.1, 0.15) is 5.25 Å². The maximum Gasteiger partial charge on any atom is 0.179 e. The minimum Gasteiger partial charge on any atom is -0.385 e. The normalized spacial score (nSPS) is 17.0. The van der Waals surface area contributed by atoms with Crippen molar-refractivity contribution in [2.75, 3.05) is 58.2 Å². The van der Waals surface area contributed by atoms with Crippen LogP contribution in [0.4, 0.5) is 5.69 Å². The number of carbonyl (C=O) groups is 1. The van der Waals surface area contributed by atoms with Gasteiger partial charge < -0.3 is 20.4 Å². The summed E-state index contributed by atoms with van der Waals surface area (Å²) in [5, 5.41) is 6.75. The number of nitrogens with one attached hydrogen (secondary N) is 2. The number of hydrogen-bond donors (Lipinski definition) is 3. The SMILES string of the molecule is CCN(C)CCNC1=C(C(C)(C)CCCN(CC)CCNc2c(C(C)(C)C)c(=S)c2=S)C(=O)C1S. The van der Waals surface area contributed by atoms with E-state index in [0.29, 0.717) is 0 Å². The van der Waals surface area contributed by atoms with E-state index in [1.54, 1.807) is 0 Å². The zero-order valence-corrected chi connectivity index (χ0v) is 25.5. The maximum atomic E-state index is 12.7. The number of hydrogen-bond acceptors (Lipinski definition) is 8. The highest BCUT2D eigenvalue weighted by molar-refractivity contribution is 7.82. The topological polar surface area (TPSA) is 47.6 Å². The standard InChI is InChI=1S/C27H46N4OS3/c1-9-30(8)16-13-28-20-18(22(32)24(20)34)27(6,7)12-11-15-31(10-2)17-14-29-21-19(26(3,4)5)23(33)25(21)35/h24,28-29,34H,9-17H2,1-8H3. The van der Waals surface area contributed by atoms with Gasteiger partial charge in [0.05, 0.1) is 14.7 Å². The second-order valence-corrected chi connectivity index (χ2v) is 12.7. The van der Waals surface area contributed by atoms with Crippen LogP contribution in [0, 0.1) is 14.4 Å². The molecule has 0 aromatic heterocycles. The Labute approximate surface area is 229 Å². The van der Waals surface area contributed by atoms with Gasteiger partial charge in [-0.1, -0.05) is 72.9 Å². The van der Waals surface area contributed by atoms with Gasteiger partial charge in [-0.3, -0.25) is 4.79 Å². The molecule has 0 radical (unpaired) electrons. The third kappa shape index (κ3) is 7.37. The Bertz CT molecular complexity index is 986. The van der Waals surface area contributed by atoms with Gasteiger partial charge in [-0.05, 0) is 50.4 Å². The van der Waals surface area contributed by atoms with E-state index < -0.39 is 0 Å². The molecule has 1 aromatic rings. The number of ketones is 1. The van der Waals surface area contributed by atoms with Crippen LogP contribution in [-0.4, -0.2) is 73.7 Å². The van der Waals surface area contributed by atoms with Crippen molar-refractivity contribution < 1.29 is 4.79 Å². The van der Waals surface area contributed by atoms with Crippen LogP contribution < -0.4 is 10.6 Å². The van der Waals surface area contributed by atoms with Crippen molar-refractivity contribution in [3.05, 3.63) is 25.9 Å². The second kappa shape index (κ2) is 12.6. The van der Waals surface area contributed by atoms with Gasteiger partial charge in [-0.15, -0.1) is 0 Å².